The van der Waals surface area contributed by atoms with Gasteiger partial charge in [0.2, 0.25) is 10.0 Å². The fraction of sp³-hybridized carbons (Fsp3) is 0.533. The maximum atomic E-state index is 11.5. The molecular weight excluding hydrogens is 336 g/mol. The number of aliphatic hydroxyl groups is 2. The summed E-state index contributed by atoms with van der Waals surface area (Å²) >= 11 is 0. The first-order valence-corrected chi connectivity index (χ1v) is 8.90. The predicted molar refractivity (Wildman–Crippen MR) is 87.6 cm³/mol. The molecule has 5 N–H and O–H groups in total. The molecule has 0 aliphatic rings. The van der Waals surface area contributed by atoms with Crippen LogP contribution in [0.4, 0.5) is 4.79 Å². The van der Waals surface area contributed by atoms with Gasteiger partial charge in [-0.25, -0.2) is 18.4 Å². The molecule has 0 aliphatic heterocycles. The quantitative estimate of drug-likeness (QED) is 0.587. The summed E-state index contributed by atoms with van der Waals surface area (Å²) in [5.74, 6) is 0. The molecule has 0 saturated heterocycles. The van der Waals surface area contributed by atoms with Crippen LogP contribution in [-0.4, -0.2) is 43.0 Å². The highest BCUT2D eigenvalue weighted by molar-refractivity contribution is 7.89. The van der Waals surface area contributed by atoms with Gasteiger partial charge in [-0.3, -0.25) is 0 Å². The number of ether oxygens (including phenoxy) is 1. The number of sulfonamides is 1. The van der Waals surface area contributed by atoms with Crippen molar-refractivity contribution in [3.8, 4) is 0 Å². The van der Waals surface area contributed by atoms with Gasteiger partial charge in [-0.05, 0) is 44.9 Å². The van der Waals surface area contributed by atoms with Gasteiger partial charge in [0.15, 0.2) is 0 Å². The van der Waals surface area contributed by atoms with Gasteiger partial charge in [-0.2, -0.15) is 0 Å². The van der Waals surface area contributed by atoms with E-state index in [4.69, 9.17) is 9.88 Å². The zero-order valence-electron chi connectivity index (χ0n) is 13.9. The molecule has 2 unspecified atom stereocenters. The van der Waals surface area contributed by atoms with E-state index < -0.39 is 33.9 Å². The molecule has 0 heterocycles. The lowest BCUT2D eigenvalue weighted by Crippen LogP contribution is -2.34. The van der Waals surface area contributed by atoms with E-state index in [0.29, 0.717) is 5.56 Å². The van der Waals surface area contributed by atoms with Crippen molar-refractivity contribution in [2.75, 3.05) is 6.54 Å². The third kappa shape index (κ3) is 6.83. The van der Waals surface area contributed by atoms with Gasteiger partial charge in [0.05, 0.1) is 11.0 Å². The summed E-state index contributed by atoms with van der Waals surface area (Å²) in [6.07, 6.45) is -2.88. The summed E-state index contributed by atoms with van der Waals surface area (Å²) in [4.78, 5) is 11.4. The summed E-state index contributed by atoms with van der Waals surface area (Å²) in [5.41, 5.74) is -0.278. The molecule has 0 fully saturated rings. The van der Waals surface area contributed by atoms with E-state index in [1.807, 2.05) is 0 Å². The number of alkyl carbamates (subject to hydrolysis) is 1. The number of nitrogens with two attached hydrogens (primary N) is 1. The molecule has 1 aromatic rings. The molecule has 0 spiro atoms. The lowest BCUT2D eigenvalue weighted by atomic mass is 10.0. The molecule has 1 amide bonds. The summed E-state index contributed by atoms with van der Waals surface area (Å²) in [5, 5.41) is 27.5. The van der Waals surface area contributed by atoms with Crippen LogP contribution in [0.15, 0.2) is 29.2 Å². The molecule has 24 heavy (non-hydrogen) atoms. The van der Waals surface area contributed by atoms with Crippen molar-refractivity contribution in [2.24, 2.45) is 5.14 Å². The van der Waals surface area contributed by atoms with Crippen LogP contribution in [0.3, 0.4) is 0 Å². The van der Waals surface area contributed by atoms with Gasteiger partial charge >= 0.3 is 6.09 Å². The van der Waals surface area contributed by atoms with Crippen molar-refractivity contribution < 1.29 is 28.2 Å². The largest absolute Gasteiger partial charge is 0.444 e. The van der Waals surface area contributed by atoms with Crippen molar-refractivity contribution >= 4 is 16.1 Å². The van der Waals surface area contributed by atoms with Crippen LogP contribution in [0.2, 0.25) is 0 Å². The number of primary sulfonamides is 1. The summed E-state index contributed by atoms with van der Waals surface area (Å²) in [6, 6.07) is 5.24. The van der Waals surface area contributed by atoms with Crippen LogP contribution in [0, 0.1) is 0 Å². The molecule has 1 rings (SSSR count). The molecular formula is C15H24N2O6S. The summed E-state index contributed by atoms with van der Waals surface area (Å²) in [6.45, 7) is 5.31. The molecule has 0 aliphatic carbocycles. The Morgan fingerprint density at radius 2 is 1.79 bits per heavy atom. The first-order valence-electron chi connectivity index (χ1n) is 7.36. The van der Waals surface area contributed by atoms with E-state index in [1.165, 1.54) is 24.3 Å². The number of carbonyl (C=O) groups excluding carboxylic acids is 1. The number of hydrogen-bond donors (Lipinski definition) is 4. The molecule has 0 bridgehead atoms. The van der Waals surface area contributed by atoms with E-state index in [1.54, 1.807) is 20.8 Å². The third-order valence-corrected chi connectivity index (χ3v) is 3.95. The van der Waals surface area contributed by atoms with Crippen LogP contribution in [0.5, 0.6) is 0 Å². The smallest absolute Gasteiger partial charge is 0.407 e. The molecule has 0 aromatic heterocycles. The van der Waals surface area contributed by atoms with Crippen LogP contribution in [0.25, 0.3) is 0 Å². The first-order chi connectivity index (χ1) is 10.9. The second-order valence-corrected chi connectivity index (χ2v) is 7.90. The Labute approximate surface area is 141 Å². The zero-order chi connectivity index (χ0) is 18.5. The van der Waals surface area contributed by atoms with Gasteiger partial charge in [-0.15, -0.1) is 0 Å². The number of aliphatic hydroxyl groups excluding tert-OH is 2. The number of carbonyl (C=O) groups is 1. The fourth-order valence-electron chi connectivity index (χ4n) is 1.87. The zero-order valence-corrected chi connectivity index (χ0v) is 14.7. The van der Waals surface area contributed by atoms with Gasteiger partial charge in [0.25, 0.3) is 0 Å². The average Bonchev–Trinajstić information content (AvgIpc) is 2.43. The van der Waals surface area contributed by atoms with Crippen LogP contribution in [-0.2, 0) is 14.8 Å². The van der Waals surface area contributed by atoms with E-state index in [-0.39, 0.29) is 17.9 Å². The lowest BCUT2D eigenvalue weighted by molar-refractivity contribution is 0.0123. The number of amides is 1. The van der Waals surface area contributed by atoms with E-state index in [0.717, 1.165) is 0 Å². The monoisotopic (exact) mass is 360 g/mol. The predicted octanol–water partition coefficient (Wildman–Crippen LogP) is 0.643. The Hall–Kier alpha value is -1.68. The van der Waals surface area contributed by atoms with Gasteiger partial charge in [0.1, 0.15) is 11.7 Å². The van der Waals surface area contributed by atoms with Crippen molar-refractivity contribution in [3.63, 3.8) is 0 Å². The van der Waals surface area contributed by atoms with Gasteiger partial charge in [0, 0.05) is 6.54 Å². The number of benzene rings is 1. The molecule has 8 nitrogen and oxygen atoms in total. The van der Waals surface area contributed by atoms with Crippen molar-refractivity contribution in [2.45, 2.75) is 49.9 Å². The van der Waals surface area contributed by atoms with E-state index in [9.17, 15) is 23.4 Å². The first kappa shape index (κ1) is 20.4. The Bertz CT molecular complexity index is 652. The molecule has 0 saturated carbocycles. The minimum atomic E-state index is -3.81. The molecule has 2 atom stereocenters. The van der Waals surface area contributed by atoms with Crippen LogP contribution < -0.4 is 10.5 Å². The Morgan fingerprint density at radius 1 is 1.25 bits per heavy atom. The minimum absolute atomic E-state index is 0.0838. The molecule has 9 heteroatoms. The van der Waals surface area contributed by atoms with Crippen molar-refractivity contribution in [1.29, 1.82) is 0 Å². The lowest BCUT2D eigenvalue weighted by Gasteiger charge is -2.21. The highest BCUT2D eigenvalue weighted by Crippen LogP contribution is 2.20. The maximum Gasteiger partial charge on any atom is 0.407 e. The SMILES string of the molecule is CC(C)(C)OC(=O)NCCC(O)C(O)c1ccc(S(N)(=O)=O)cc1. The van der Waals surface area contributed by atoms with E-state index in [2.05, 4.69) is 5.32 Å². The van der Waals surface area contributed by atoms with Crippen molar-refractivity contribution in [3.05, 3.63) is 29.8 Å². The Morgan fingerprint density at radius 3 is 2.25 bits per heavy atom. The van der Waals surface area contributed by atoms with Crippen molar-refractivity contribution in [1.82, 2.24) is 5.32 Å². The number of nitrogens with one attached hydrogen (secondary N) is 1. The summed E-state index contributed by atoms with van der Waals surface area (Å²) in [7, 11) is -3.81. The summed E-state index contributed by atoms with van der Waals surface area (Å²) < 4.78 is 27.4. The Kier molecular flexibility index (Phi) is 6.73. The average molecular weight is 360 g/mol. The molecule has 0 radical (unpaired) electrons. The van der Waals surface area contributed by atoms with Crippen LogP contribution >= 0.6 is 0 Å². The molecule has 1 aromatic carbocycles. The second kappa shape index (κ2) is 7.93. The maximum absolute atomic E-state index is 11.5. The Balaban J connectivity index is 2.53. The molecule has 136 valence electrons. The minimum Gasteiger partial charge on any atom is -0.444 e. The highest BCUT2D eigenvalue weighted by atomic mass is 32.2. The highest BCUT2D eigenvalue weighted by Gasteiger charge is 2.20. The second-order valence-electron chi connectivity index (χ2n) is 6.34. The normalized spacial score (nSPS) is 14.8. The van der Waals surface area contributed by atoms with E-state index >= 15 is 0 Å². The number of rotatable bonds is 6. The van der Waals surface area contributed by atoms with Crippen LogP contribution in [0.1, 0.15) is 38.9 Å². The number of hydrogen-bond acceptors (Lipinski definition) is 6. The van der Waals surface area contributed by atoms with Gasteiger partial charge in [-0.1, -0.05) is 12.1 Å². The topological polar surface area (TPSA) is 139 Å². The standard InChI is InChI=1S/C15H24N2O6S/c1-15(2,3)23-14(20)17-9-8-12(18)13(19)10-4-6-11(7-5-10)24(16,21)22/h4-7,12-13,18-19H,8-9H2,1-3H3,(H,17,20)(H2,16,21,22). The van der Waals surface area contributed by atoms with Gasteiger partial charge < -0.3 is 20.3 Å². The third-order valence-electron chi connectivity index (χ3n) is 3.02. The fourth-order valence-corrected chi connectivity index (χ4v) is 2.39.